The zero-order chi connectivity index (χ0) is 28.3. The van der Waals surface area contributed by atoms with Crippen LogP contribution in [0.25, 0.3) is 22.0 Å². The van der Waals surface area contributed by atoms with Gasteiger partial charge in [0.05, 0.1) is 22.6 Å². The van der Waals surface area contributed by atoms with Crippen molar-refractivity contribution in [2.45, 2.75) is 82.4 Å². The Hall–Kier alpha value is -3.38. The molecule has 5 heterocycles. The van der Waals surface area contributed by atoms with E-state index in [1.807, 2.05) is 6.92 Å². The topological polar surface area (TPSA) is 106 Å². The van der Waals surface area contributed by atoms with E-state index < -0.39 is 41.4 Å². The van der Waals surface area contributed by atoms with Gasteiger partial charge >= 0.3 is 6.61 Å². The van der Waals surface area contributed by atoms with E-state index in [2.05, 4.69) is 26.9 Å². The summed E-state index contributed by atoms with van der Waals surface area (Å²) in [6.07, 6.45) is 2.26. The number of nitrogens with one attached hydrogen (secondary N) is 1. The zero-order valence-corrected chi connectivity index (χ0v) is 22.2. The summed E-state index contributed by atoms with van der Waals surface area (Å²) in [5, 5.41) is 15.3. The second kappa shape index (κ2) is 8.32. The Morgan fingerprint density at radius 1 is 1.20 bits per heavy atom. The molecule has 212 valence electrons. The third kappa shape index (κ3) is 3.64. The lowest BCUT2D eigenvalue weighted by Crippen LogP contribution is -2.66. The molecule has 0 radical (unpaired) electrons. The quantitative estimate of drug-likeness (QED) is 0.317. The normalized spacial score (nSPS) is 27.9. The van der Waals surface area contributed by atoms with Gasteiger partial charge in [-0.05, 0) is 52.5 Å². The molecule has 0 amide bonds. The van der Waals surface area contributed by atoms with Crippen molar-refractivity contribution in [3.63, 3.8) is 0 Å². The summed E-state index contributed by atoms with van der Waals surface area (Å²) >= 11 is 0. The maximum Gasteiger partial charge on any atom is 0.387 e. The average Bonchev–Trinajstić information content (AvgIpc) is 3.56. The highest BCUT2D eigenvalue weighted by Gasteiger charge is 2.53. The van der Waals surface area contributed by atoms with E-state index in [1.54, 1.807) is 6.92 Å². The number of benzene rings is 1. The van der Waals surface area contributed by atoms with E-state index in [-0.39, 0.29) is 45.7 Å². The number of aliphatic hydroxyl groups is 1. The molecule has 4 N–H and O–H groups in total. The molecule has 12 heteroatoms. The molecule has 2 aromatic heterocycles. The van der Waals surface area contributed by atoms with E-state index in [4.69, 9.17) is 15.5 Å². The van der Waals surface area contributed by atoms with Crippen LogP contribution in [0.5, 0.6) is 11.6 Å². The lowest BCUT2D eigenvalue weighted by Gasteiger charge is -2.46. The molecule has 1 aliphatic carbocycles. The molecule has 3 fully saturated rings. The van der Waals surface area contributed by atoms with E-state index in [1.165, 1.54) is 0 Å². The number of aryl methyl sites for hydroxylation is 1. The van der Waals surface area contributed by atoms with Crippen LogP contribution in [0.3, 0.4) is 0 Å². The second-order valence-corrected chi connectivity index (χ2v) is 11.8. The van der Waals surface area contributed by atoms with Gasteiger partial charge in [-0.15, -0.1) is 0 Å². The number of ether oxygens (including phenoxy) is 2. The Balaban J connectivity index is 1.56. The Kier molecular flexibility index (Phi) is 5.32. The fraction of sp³-hybridized carbons (Fsp3) is 0.500. The van der Waals surface area contributed by atoms with Crippen molar-refractivity contribution in [1.29, 1.82) is 0 Å². The number of piperazine rings is 1. The van der Waals surface area contributed by atoms with Crippen LogP contribution in [0.15, 0.2) is 12.1 Å². The summed E-state index contributed by atoms with van der Waals surface area (Å²) in [6.45, 7) is 2.99. The summed E-state index contributed by atoms with van der Waals surface area (Å²) in [6, 6.07) is 1.90. The number of halogens is 4. The van der Waals surface area contributed by atoms with Crippen LogP contribution in [-0.2, 0) is 5.60 Å². The van der Waals surface area contributed by atoms with Crippen LogP contribution in [-0.4, -0.2) is 52.0 Å². The average molecular weight is 560 g/mol. The van der Waals surface area contributed by atoms with Crippen LogP contribution < -0.4 is 25.4 Å². The Morgan fingerprint density at radius 2 is 1.95 bits per heavy atom. The van der Waals surface area contributed by atoms with Crippen LogP contribution in [0.4, 0.5) is 29.1 Å². The third-order valence-electron chi connectivity index (χ3n) is 8.81. The number of fused-ring (bicyclic) bond motifs is 5. The van der Waals surface area contributed by atoms with Crippen molar-refractivity contribution in [3.8, 4) is 22.9 Å². The molecule has 4 atom stereocenters. The molecule has 40 heavy (non-hydrogen) atoms. The van der Waals surface area contributed by atoms with Crippen LogP contribution in [0, 0.1) is 18.6 Å². The first-order valence-corrected chi connectivity index (χ1v) is 13.4. The Morgan fingerprint density at radius 3 is 2.65 bits per heavy atom. The van der Waals surface area contributed by atoms with E-state index in [0.717, 1.165) is 25.0 Å². The first kappa shape index (κ1) is 25.6. The number of alkyl halides is 2. The summed E-state index contributed by atoms with van der Waals surface area (Å²) in [7, 11) is 0. The number of nitrogen functional groups attached to an aromatic ring is 1. The predicted octanol–water partition coefficient (Wildman–Crippen LogP) is 4.53. The molecule has 2 saturated heterocycles. The molecule has 4 unspecified atom stereocenters. The summed E-state index contributed by atoms with van der Waals surface area (Å²) in [4.78, 5) is 11.5. The van der Waals surface area contributed by atoms with Gasteiger partial charge in [-0.2, -0.15) is 8.78 Å². The van der Waals surface area contributed by atoms with Crippen LogP contribution >= 0.6 is 0 Å². The van der Waals surface area contributed by atoms with E-state index >= 15 is 4.39 Å². The molecule has 3 aromatic rings. The maximum absolute atomic E-state index is 16.9. The SMILES string of the molecule is Cc1nc2c3c(nc(-c4cc(N)cc(F)c4OC(F)F)c(F)c3c1C1(O)CC1)OC(C)C1C3CCC(C)(CN21)N3. The van der Waals surface area contributed by atoms with Gasteiger partial charge in [0.25, 0.3) is 0 Å². The lowest BCUT2D eigenvalue weighted by atomic mass is 9.93. The third-order valence-corrected chi connectivity index (χ3v) is 8.81. The van der Waals surface area contributed by atoms with Gasteiger partial charge in [0.2, 0.25) is 5.88 Å². The van der Waals surface area contributed by atoms with Crippen molar-refractivity contribution >= 4 is 22.3 Å². The van der Waals surface area contributed by atoms with Crippen molar-refractivity contribution in [2.24, 2.45) is 0 Å². The van der Waals surface area contributed by atoms with Gasteiger partial charge in [-0.3, -0.25) is 0 Å². The predicted molar refractivity (Wildman–Crippen MR) is 140 cm³/mol. The molecular weight excluding hydrogens is 530 g/mol. The Labute approximate surface area is 227 Å². The van der Waals surface area contributed by atoms with Crippen molar-refractivity contribution < 1.29 is 32.1 Å². The first-order chi connectivity index (χ1) is 18.9. The van der Waals surface area contributed by atoms with Gasteiger partial charge in [0.1, 0.15) is 17.6 Å². The number of nitrogens with two attached hydrogens (primary N) is 1. The molecule has 8 nitrogen and oxygen atoms in total. The van der Waals surface area contributed by atoms with Crippen LogP contribution in [0.2, 0.25) is 0 Å². The minimum absolute atomic E-state index is 0.0214. The van der Waals surface area contributed by atoms with Gasteiger partial charge < -0.3 is 30.5 Å². The number of anilines is 2. The van der Waals surface area contributed by atoms with Gasteiger partial charge in [0.15, 0.2) is 17.4 Å². The number of aromatic nitrogens is 2. The number of hydrogen-bond donors (Lipinski definition) is 3. The van der Waals surface area contributed by atoms with Crippen LogP contribution in [0.1, 0.15) is 50.8 Å². The Bertz CT molecular complexity index is 1580. The summed E-state index contributed by atoms with van der Waals surface area (Å²) < 4.78 is 69.2. The van der Waals surface area contributed by atoms with Crippen molar-refractivity contribution in [1.82, 2.24) is 15.3 Å². The molecule has 0 spiro atoms. The van der Waals surface area contributed by atoms with E-state index in [0.29, 0.717) is 36.3 Å². The number of rotatable bonds is 4. The second-order valence-electron chi connectivity index (χ2n) is 11.8. The number of hydrogen-bond acceptors (Lipinski definition) is 8. The summed E-state index contributed by atoms with van der Waals surface area (Å²) in [5.74, 6) is -2.48. The van der Waals surface area contributed by atoms with Crippen molar-refractivity contribution in [2.75, 3.05) is 17.2 Å². The molecule has 1 aromatic carbocycles. The van der Waals surface area contributed by atoms with Crippen molar-refractivity contribution in [3.05, 3.63) is 35.0 Å². The standard InChI is InChI=1S/C28H29F4N5O3/c1-11-19(28(38)6-7-28)17-18-24(34-11)37-10-27(3)5-4-16(36-27)22(37)12(2)39-25(18)35-21(20(17)30)14-8-13(33)9-15(29)23(14)40-26(31)32/h8-9,12,16,22,26,36,38H,4-7,10,33H2,1-3H3. The largest absolute Gasteiger partial charge is 0.472 e. The molecule has 2 bridgehead atoms. The minimum atomic E-state index is -3.38. The zero-order valence-electron chi connectivity index (χ0n) is 22.2. The van der Waals surface area contributed by atoms with E-state index in [9.17, 15) is 18.3 Å². The summed E-state index contributed by atoms with van der Waals surface area (Å²) in [5.41, 5.74) is 4.10. The van der Waals surface area contributed by atoms with Gasteiger partial charge in [-0.25, -0.2) is 18.7 Å². The molecule has 1 saturated carbocycles. The monoisotopic (exact) mass is 559 g/mol. The van der Waals surface area contributed by atoms with Gasteiger partial charge in [0, 0.05) is 46.5 Å². The molecule has 7 rings (SSSR count). The smallest absolute Gasteiger partial charge is 0.387 e. The van der Waals surface area contributed by atoms with Gasteiger partial charge in [-0.1, -0.05) is 0 Å². The first-order valence-electron chi connectivity index (χ1n) is 13.4. The number of pyridine rings is 2. The highest BCUT2D eigenvalue weighted by Crippen LogP contribution is 2.54. The molecule has 4 aliphatic rings. The minimum Gasteiger partial charge on any atom is -0.472 e. The fourth-order valence-corrected chi connectivity index (χ4v) is 7.03. The molecular formula is C28H29F4N5O3. The highest BCUT2D eigenvalue weighted by molar-refractivity contribution is 6.02. The molecule has 3 aliphatic heterocycles. The lowest BCUT2D eigenvalue weighted by molar-refractivity contribution is -0.0517. The maximum atomic E-state index is 16.9. The number of nitrogens with zero attached hydrogens (tertiary/aromatic N) is 3. The highest BCUT2D eigenvalue weighted by atomic mass is 19.3. The fourth-order valence-electron chi connectivity index (χ4n) is 7.03.